The molecule has 4 amide bonds. The lowest BCUT2D eigenvalue weighted by Gasteiger charge is -2.16. The van der Waals surface area contributed by atoms with Gasteiger partial charge in [-0.05, 0) is 37.1 Å². The number of carbonyl (C=O) groups excluding carboxylic acids is 4. The summed E-state index contributed by atoms with van der Waals surface area (Å²) in [6, 6.07) is 15.7. The van der Waals surface area contributed by atoms with E-state index in [9.17, 15) is 19.2 Å². The maximum absolute atomic E-state index is 12.9. The van der Waals surface area contributed by atoms with Crippen molar-refractivity contribution < 1.29 is 19.2 Å². The van der Waals surface area contributed by atoms with Gasteiger partial charge in [0.05, 0.1) is 30.9 Å². The Morgan fingerprint density at radius 2 is 1.07 bits per heavy atom. The Morgan fingerprint density at radius 1 is 0.650 bits per heavy atom. The normalized spacial score (nSPS) is 19.7. The Balaban J connectivity index is 0.920. The monoisotopic (exact) mass is 610 g/mol. The van der Waals surface area contributed by atoms with E-state index in [0.717, 1.165) is 42.0 Å². The van der Waals surface area contributed by atoms with Crippen molar-refractivity contribution in [1.82, 2.24) is 19.8 Å². The third-order valence-electron chi connectivity index (χ3n) is 6.95. The summed E-state index contributed by atoms with van der Waals surface area (Å²) in [7, 11) is 0. The molecule has 0 N–H and O–H groups in total. The van der Waals surface area contributed by atoms with Gasteiger partial charge in [0.25, 0.3) is 0 Å². The summed E-state index contributed by atoms with van der Waals surface area (Å²) in [5, 5.41) is -0.845. The van der Waals surface area contributed by atoms with Crippen molar-refractivity contribution >= 4 is 90.3 Å². The first-order chi connectivity index (χ1) is 19.5. The number of unbranched alkanes of at least 4 members (excludes halogenated alkanes) is 3. The molecule has 2 fully saturated rings. The van der Waals surface area contributed by atoms with E-state index in [0.29, 0.717) is 25.9 Å². The number of para-hydroxylation sites is 2. The summed E-state index contributed by atoms with van der Waals surface area (Å²) in [5.74, 6) is -0.541. The van der Waals surface area contributed by atoms with Gasteiger partial charge in [0.15, 0.2) is 8.68 Å². The number of nitrogens with zero attached hydrogens (tertiary/aromatic N) is 4. The minimum atomic E-state index is -0.422. The van der Waals surface area contributed by atoms with Crippen LogP contribution in [0, 0.1) is 0 Å². The molecule has 206 valence electrons. The topological polar surface area (TPSA) is 101 Å². The lowest BCUT2D eigenvalue weighted by molar-refractivity contribution is -0.140. The molecule has 8 nitrogen and oxygen atoms in total. The second-order valence-corrected chi connectivity index (χ2v) is 14.7. The van der Waals surface area contributed by atoms with Crippen molar-refractivity contribution in [1.29, 1.82) is 0 Å². The molecule has 2 aromatic carbocycles. The maximum atomic E-state index is 12.9. The molecule has 6 rings (SSSR count). The van der Waals surface area contributed by atoms with Crippen molar-refractivity contribution in [3.63, 3.8) is 0 Å². The highest BCUT2D eigenvalue weighted by atomic mass is 32.2. The molecule has 0 saturated carbocycles. The first-order valence-electron chi connectivity index (χ1n) is 13.2. The number of rotatable bonds is 11. The second-order valence-electron chi connectivity index (χ2n) is 9.70. The average Bonchev–Trinajstić information content (AvgIpc) is 3.67. The van der Waals surface area contributed by atoms with Crippen molar-refractivity contribution in [3.8, 4) is 0 Å². The van der Waals surface area contributed by atoms with E-state index in [2.05, 4.69) is 9.97 Å². The van der Waals surface area contributed by atoms with Gasteiger partial charge in [-0.15, -0.1) is 22.7 Å². The van der Waals surface area contributed by atoms with E-state index in [1.54, 1.807) is 22.7 Å². The van der Waals surface area contributed by atoms with E-state index < -0.39 is 10.5 Å². The zero-order chi connectivity index (χ0) is 27.6. The van der Waals surface area contributed by atoms with Crippen LogP contribution < -0.4 is 0 Å². The fourth-order valence-electron chi connectivity index (χ4n) is 4.90. The molecule has 4 heterocycles. The number of likely N-dealkylation sites (tertiary alicyclic amines) is 2. The number of aromatic nitrogens is 2. The van der Waals surface area contributed by atoms with Gasteiger partial charge in [0.2, 0.25) is 23.6 Å². The van der Waals surface area contributed by atoms with E-state index in [-0.39, 0.29) is 36.5 Å². The fourth-order valence-corrected chi connectivity index (χ4v) is 9.61. The molecule has 2 saturated heterocycles. The number of hydrogen-bond donors (Lipinski definition) is 0. The van der Waals surface area contributed by atoms with Crippen molar-refractivity contribution in [2.75, 3.05) is 13.1 Å². The quantitative estimate of drug-likeness (QED) is 0.160. The molecule has 2 aliphatic rings. The molecule has 0 aliphatic carbocycles. The number of thioether (sulfide) groups is 2. The van der Waals surface area contributed by atoms with E-state index in [1.165, 1.54) is 33.3 Å². The predicted octanol–water partition coefficient (Wildman–Crippen LogP) is 5.61. The molecule has 0 bridgehead atoms. The molecule has 12 heteroatoms. The lowest BCUT2D eigenvalue weighted by atomic mass is 10.2. The van der Waals surface area contributed by atoms with Gasteiger partial charge < -0.3 is 0 Å². The number of amides is 4. The standard InChI is InChI=1S/C28H26N4O4S4/c33-23-15-21(39-27-29-17-9-3-5-11-19(17)37-27)25(35)31(23)13-7-1-2-8-14-32-24(34)16-22(26(32)36)40-28-30-18-10-4-6-12-20(18)38-28/h3-6,9-12,21-22H,1-2,7-8,13-16H2. The molecule has 4 aromatic rings. The zero-order valence-corrected chi connectivity index (χ0v) is 24.8. The number of hydrogen-bond acceptors (Lipinski definition) is 10. The van der Waals surface area contributed by atoms with Gasteiger partial charge >= 0.3 is 0 Å². The zero-order valence-electron chi connectivity index (χ0n) is 21.5. The van der Waals surface area contributed by atoms with Crippen molar-refractivity contribution in [2.24, 2.45) is 0 Å². The Morgan fingerprint density at radius 3 is 1.50 bits per heavy atom. The van der Waals surface area contributed by atoms with Gasteiger partial charge in [-0.25, -0.2) is 9.97 Å². The van der Waals surface area contributed by atoms with Crippen LogP contribution >= 0.6 is 46.2 Å². The third kappa shape index (κ3) is 5.81. The lowest BCUT2D eigenvalue weighted by Crippen LogP contribution is -2.32. The van der Waals surface area contributed by atoms with E-state index in [1.807, 2.05) is 48.5 Å². The number of thiazole rings is 2. The van der Waals surface area contributed by atoms with Crippen LogP contribution in [0.1, 0.15) is 38.5 Å². The van der Waals surface area contributed by atoms with Gasteiger partial charge in [-0.2, -0.15) is 0 Å². The Hall–Kier alpha value is -2.80. The molecule has 40 heavy (non-hydrogen) atoms. The Labute approximate surface area is 247 Å². The van der Waals surface area contributed by atoms with Crippen LogP contribution in [0.3, 0.4) is 0 Å². The first-order valence-corrected chi connectivity index (χ1v) is 16.6. The Bertz CT molecular complexity index is 1420. The summed E-state index contributed by atoms with van der Waals surface area (Å²) in [6.07, 6.45) is 3.44. The molecule has 0 spiro atoms. The molecular formula is C28H26N4O4S4. The minimum Gasteiger partial charge on any atom is -0.282 e. The highest BCUT2D eigenvalue weighted by molar-refractivity contribution is 8.02. The van der Waals surface area contributed by atoms with Crippen LogP contribution in [0.25, 0.3) is 20.4 Å². The summed E-state index contributed by atoms with van der Waals surface area (Å²) >= 11 is 5.84. The molecule has 2 atom stereocenters. The van der Waals surface area contributed by atoms with Gasteiger partial charge in [0.1, 0.15) is 0 Å². The fraction of sp³-hybridized carbons (Fsp3) is 0.357. The minimum absolute atomic E-state index is 0.131. The molecule has 2 unspecified atom stereocenters. The number of benzene rings is 2. The van der Waals surface area contributed by atoms with Gasteiger partial charge in [-0.3, -0.25) is 29.0 Å². The number of fused-ring (bicyclic) bond motifs is 2. The van der Waals surface area contributed by atoms with Gasteiger partial charge in [0, 0.05) is 25.9 Å². The Kier molecular flexibility index (Phi) is 8.20. The van der Waals surface area contributed by atoms with Crippen molar-refractivity contribution in [2.45, 2.75) is 57.7 Å². The predicted molar refractivity (Wildman–Crippen MR) is 160 cm³/mol. The van der Waals surface area contributed by atoms with Crippen LogP contribution in [-0.2, 0) is 19.2 Å². The van der Waals surface area contributed by atoms with Crippen molar-refractivity contribution in [3.05, 3.63) is 48.5 Å². The highest BCUT2D eigenvalue weighted by Crippen LogP contribution is 2.37. The smallest absolute Gasteiger partial charge is 0.243 e. The van der Waals surface area contributed by atoms with Crippen LogP contribution in [0.5, 0.6) is 0 Å². The van der Waals surface area contributed by atoms with Crippen LogP contribution in [0.4, 0.5) is 0 Å². The molecular weight excluding hydrogens is 585 g/mol. The van der Waals surface area contributed by atoms with Gasteiger partial charge in [-0.1, -0.05) is 60.6 Å². The van der Waals surface area contributed by atoms with E-state index in [4.69, 9.17) is 0 Å². The third-order valence-corrected chi connectivity index (χ3v) is 11.6. The molecule has 2 aromatic heterocycles. The van der Waals surface area contributed by atoms with Crippen LogP contribution in [-0.4, -0.2) is 67.0 Å². The SMILES string of the molecule is O=C1CC(Sc2nc3ccccc3s2)C(=O)N1CCCCCCN1C(=O)CC(Sc2nc3ccccc3s2)C1=O. The summed E-state index contributed by atoms with van der Waals surface area (Å²) < 4.78 is 3.75. The van der Waals surface area contributed by atoms with Crippen LogP contribution in [0.15, 0.2) is 57.2 Å². The highest BCUT2D eigenvalue weighted by Gasteiger charge is 2.40. The summed E-state index contributed by atoms with van der Waals surface area (Å²) in [6.45, 7) is 0.800. The first kappa shape index (κ1) is 27.4. The number of carbonyl (C=O) groups is 4. The largest absolute Gasteiger partial charge is 0.282 e. The number of imide groups is 2. The average molecular weight is 611 g/mol. The maximum Gasteiger partial charge on any atom is 0.243 e. The summed E-state index contributed by atoms with van der Waals surface area (Å²) in [5.41, 5.74) is 1.81. The molecule has 2 aliphatic heterocycles. The van der Waals surface area contributed by atoms with Crippen LogP contribution in [0.2, 0.25) is 0 Å². The summed E-state index contributed by atoms with van der Waals surface area (Å²) in [4.78, 5) is 62.7. The second kappa shape index (κ2) is 12.0. The molecule has 0 radical (unpaired) electrons. The van der Waals surface area contributed by atoms with E-state index >= 15 is 0 Å².